The van der Waals surface area contributed by atoms with E-state index in [1.807, 2.05) is 0 Å². The van der Waals surface area contributed by atoms with Gasteiger partial charge >= 0.3 is 17.9 Å². The van der Waals surface area contributed by atoms with Gasteiger partial charge in [-0.15, -0.1) is 0 Å². The second-order valence-electron chi connectivity index (χ2n) is 19.9. The Kier molecular flexibility index (Phi) is 57.4. The molecule has 0 saturated carbocycles. The number of carbonyl (C=O) groups is 3. The molecule has 0 aliphatic rings. The number of esters is 3. The van der Waals surface area contributed by atoms with Crippen molar-refractivity contribution in [3.05, 3.63) is 109 Å². The van der Waals surface area contributed by atoms with Crippen molar-refractivity contribution in [2.45, 2.75) is 284 Å². The smallest absolute Gasteiger partial charge is 0.306 e. The molecule has 0 heterocycles. The van der Waals surface area contributed by atoms with Gasteiger partial charge in [-0.1, -0.05) is 252 Å². The summed E-state index contributed by atoms with van der Waals surface area (Å²) >= 11 is 0. The predicted molar refractivity (Wildman–Crippen MR) is 316 cm³/mol. The number of unbranched alkanes of at least 4 members (excludes halogenated alkanes) is 25. The molecule has 0 saturated heterocycles. The Balaban J connectivity index is 4.04. The fourth-order valence-electron chi connectivity index (χ4n) is 8.19. The van der Waals surface area contributed by atoms with Crippen molar-refractivity contribution in [3.8, 4) is 0 Å². The Morgan fingerprint density at radius 1 is 0.288 bits per heavy atom. The second-order valence-corrected chi connectivity index (χ2v) is 19.9. The Labute approximate surface area is 450 Å². The van der Waals surface area contributed by atoms with Gasteiger partial charge in [0.15, 0.2) is 6.10 Å². The van der Waals surface area contributed by atoms with Gasteiger partial charge in [0.2, 0.25) is 0 Å². The molecule has 6 nitrogen and oxygen atoms in total. The van der Waals surface area contributed by atoms with Crippen LogP contribution in [0.5, 0.6) is 0 Å². The first-order chi connectivity index (χ1) is 36.0. The van der Waals surface area contributed by atoms with E-state index in [2.05, 4.69) is 130 Å². The highest BCUT2D eigenvalue weighted by molar-refractivity contribution is 5.71. The van der Waals surface area contributed by atoms with Crippen LogP contribution in [0.25, 0.3) is 0 Å². The van der Waals surface area contributed by atoms with E-state index < -0.39 is 6.10 Å². The van der Waals surface area contributed by atoms with Crippen molar-refractivity contribution in [3.63, 3.8) is 0 Å². The van der Waals surface area contributed by atoms with Crippen LogP contribution in [0.15, 0.2) is 109 Å². The van der Waals surface area contributed by atoms with Gasteiger partial charge in [-0.05, 0) is 116 Å². The predicted octanol–water partition coefficient (Wildman–Crippen LogP) is 20.7. The van der Waals surface area contributed by atoms with E-state index in [9.17, 15) is 14.4 Å². The van der Waals surface area contributed by atoms with Crippen LogP contribution < -0.4 is 0 Å². The van der Waals surface area contributed by atoms with Gasteiger partial charge in [0.25, 0.3) is 0 Å². The first-order valence-corrected chi connectivity index (χ1v) is 30.4. The molecule has 1 atom stereocenters. The minimum Gasteiger partial charge on any atom is -0.462 e. The molecule has 0 spiro atoms. The normalized spacial score (nSPS) is 12.9. The molecule has 0 amide bonds. The lowest BCUT2D eigenvalue weighted by atomic mass is 10.0. The Bertz CT molecular complexity index is 1490. The summed E-state index contributed by atoms with van der Waals surface area (Å²) < 4.78 is 16.8. The molecule has 6 heteroatoms. The lowest BCUT2D eigenvalue weighted by molar-refractivity contribution is -0.167. The van der Waals surface area contributed by atoms with E-state index in [-0.39, 0.29) is 31.1 Å². The summed E-state index contributed by atoms with van der Waals surface area (Å²) in [6, 6.07) is 0. The summed E-state index contributed by atoms with van der Waals surface area (Å²) in [5, 5.41) is 0. The molecular formula is C67H112O6. The molecule has 1 unspecified atom stereocenters. The van der Waals surface area contributed by atoms with E-state index in [1.165, 1.54) is 103 Å². The van der Waals surface area contributed by atoms with E-state index in [1.54, 1.807) is 0 Å². The summed E-state index contributed by atoms with van der Waals surface area (Å²) in [4.78, 5) is 38.0. The molecule has 0 fully saturated rings. The van der Waals surface area contributed by atoms with Gasteiger partial charge in [-0.3, -0.25) is 14.4 Å². The average molecular weight is 1010 g/mol. The number of allylic oxidation sites excluding steroid dienone is 18. The fourth-order valence-corrected chi connectivity index (χ4v) is 8.19. The highest BCUT2D eigenvalue weighted by atomic mass is 16.6. The third-order valence-corrected chi connectivity index (χ3v) is 12.7. The lowest BCUT2D eigenvalue weighted by Crippen LogP contribution is -2.30. The molecule has 0 rings (SSSR count). The van der Waals surface area contributed by atoms with Crippen LogP contribution in [0, 0.1) is 0 Å². The highest BCUT2D eigenvalue weighted by Gasteiger charge is 2.19. The van der Waals surface area contributed by atoms with Gasteiger partial charge in [-0.2, -0.15) is 0 Å². The summed E-state index contributed by atoms with van der Waals surface area (Å²) in [5.74, 6) is -0.906. The zero-order valence-corrected chi connectivity index (χ0v) is 47.6. The van der Waals surface area contributed by atoms with Gasteiger partial charge in [0.05, 0.1) is 0 Å². The van der Waals surface area contributed by atoms with Crippen LogP contribution >= 0.6 is 0 Å². The molecule has 0 N–H and O–H groups in total. The second kappa shape index (κ2) is 60.6. The molecule has 0 bridgehead atoms. The van der Waals surface area contributed by atoms with E-state index in [4.69, 9.17) is 14.2 Å². The maximum absolute atomic E-state index is 12.8. The summed E-state index contributed by atoms with van der Waals surface area (Å²) in [6.45, 7) is 6.38. The third kappa shape index (κ3) is 58.8. The molecule has 0 aliphatic heterocycles. The quantitative estimate of drug-likeness (QED) is 0.0261. The summed E-state index contributed by atoms with van der Waals surface area (Å²) in [6.07, 6.45) is 82.6. The summed E-state index contributed by atoms with van der Waals surface area (Å²) in [7, 11) is 0. The fraction of sp³-hybridized carbons (Fsp3) is 0.687. The van der Waals surface area contributed by atoms with E-state index in [0.717, 1.165) is 135 Å². The van der Waals surface area contributed by atoms with Gasteiger partial charge in [0, 0.05) is 19.3 Å². The van der Waals surface area contributed by atoms with E-state index in [0.29, 0.717) is 19.3 Å². The van der Waals surface area contributed by atoms with Gasteiger partial charge < -0.3 is 14.2 Å². The van der Waals surface area contributed by atoms with Gasteiger partial charge in [0.1, 0.15) is 13.2 Å². The molecule has 73 heavy (non-hydrogen) atoms. The number of hydrogen-bond acceptors (Lipinski definition) is 6. The number of rotatable bonds is 54. The number of ether oxygens (including phenoxy) is 3. The summed E-state index contributed by atoms with van der Waals surface area (Å²) in [5.41, 5.74) is 0. The SMILES string of the molecule is CC/C=C\C/C=C\C/C=C\C/C=C\C/C=C\C/C=C\C/C=C\CCCCCCCCCCCCCCCC(=O)OCC(COC(=O)CCCCCCC/C=C\CCC)OC(=O)CCCCCCC/C=C\CCC. The molecule has 0 aromatic rings. The Morgan fingerprint density at radius 3 is 0.849 bits per heavy atom. The van der Waals surface area contributed by atoms with Crippen molar-refractivity contribution in [2.75, 3.05) is 13.2 Å². The van der Waals surface area contributed by atoms with E-state index >= 15 is 0 Å². The van der Waals surface area contributed by atoms with Crippen molar-refractivity contribution in [1.82, 2.24) is 0 Å². The molecule has 0 radical (unpaired) electrons. The van der Waals surface area contributed by atoms with Crippen LogP contribution in [0.3, 0.4) is 0 Å². The Hall–Kier alpha value is -3.93. The largest absolute Gasteiger partial charge is 0.462 e. The Morgan fingerprint density at radius 2 is 0.534 bits per heavy atom. The highest BCUT2D eigenvalue weighted by Crippen LogP contribution is 2.15. The van der Waals surface area contributed by atoms with Crippen LogP contribution in [-0.2, 0) is 28.6 Å². The van der Waals surface area contributed by atoms with Crippen LogP contribution in [0.2, 0.25) is 0 Å². The van der Waals surface area contributed by atoms with Gasteiger partial charge in [-0.25, -0.2) is 0 Å². The zero-order valence-electron chi connectivity index (χ0n) is 47.6. The van der Waals surface area contributed by atoms with Crippen molar-refractivity contribution in [2.24, 2.45) is 0 Å². The first-order valence-electron chi connectivity index (χ1n) is 30.4. The van der Waals surface area contributed by atoms with Crippen LogP contribution in [0.1, 0.15) is 278 Å². The molecular weight excluding hydrogens is 901 g/mol. The minimum atomic E-state index is -0.783. The van der Waals surface area contributed by atoms with Crippen molar-refractivity contribution < 1.29 is 28.6 Å². The van der Waals surface area contributed by atoms with Crippen LogP contribution in [0.4, 0.5) is 0 Å². The standard InChI is InChI=1S/C67H112O6/c1-4-7-10-13-16-19-22-23-24-25-26-27-28-29-30-31-32-33-34-35-36-37-38-39-40-41-42-43-44-45-46-49-51-54-57-60-66(69)72-63-64(73-67(70)61-58-55-52-48-21-18-15-12-9-6-3)62-71-65(68)59-56-53-50-47-20-17-14-11-8-5-2/h7,10-12,14-16,19,23-24,26-27,29-30,32-33,35-36,64H,4-6,8-9,13,17-18,20-22,25,28,31,34,37-63H2,1-3H3/b10-7-,14-11-,15-12-,19-16-,24-23-,27-26-,30-29-,33-32-,36-35-. The lowest BCUT2D eigenvalue weighted by Gasteiger charge is -2.18. The van der Waals surface area contributed by atoms with Crippen LogP contribution in [-0.4, -0.2) is 37.2 Å². The molecule has 0 aliphatic carbocycles. The maximum atomic E-state index is 12.8. The monoisotopic (exact) mass is 1010 g/mol. The maximum Gasteiger partial charge on any atom is 0.306 e. The van der Waals surface area contributed by atoms with Crippen molar-refractivity contribution in [1.29, 1.82) is 0 Å². The number of hydrogen-bond donors (Lipinski definition) is 0. The minimum absolute atomic E-state index is 0.0836. The average Bonchev–Trinajstić information content (AvgIpc) is 3.39. The number of carbonyl (C=O) groups excluding carboxylic acids is 3. The first kappa shape index (κ1) is 69.1. The molecule has 416 valence electrons. The van der Waals surface area contributed by atoms with Crippen molar-refractivity contribution >= 4 is 17.9 Å². The molecule has 0 aromatic heterocycles. The topological polar surface area (TPSA) is 78.9 Å². The third-order valence-electron chi connectivity index (χ3n) is 12.7. The zero-order chi connectivity index (χ0) is 52.9. The molecule has 0 aromatic carbocycles.